The van der Waals surface area contributed by atoms with Crippen LogP contribution in [0.1, 0.15) is 13.3 Å². The van der Waals surface area contributed by atoms with E-state index in [4.69, 9.17) is 10.5 Å². The number of ether oxygens (including phenoxy) is 1. The van der Waals surface area contributed by atoms with E-state index in [0.29, 0.717) is 11.7 Å². The Bertz CT molecular complexity index is 523. The Hall–Kier alpha value is -1.03. The van der Waals surface area contributed by atoms with Gasteiger partial charge < -0.3 is 20.5 Å². The Morgan fingerprint density at radius 3 is 2.76 bits per heavy atom. The van der Waals surface area contributed by atoms with Gasteiger partial charge in [0.25, 0.3) is 0 Å². The molecule has 1 unspecified atom stereocenters. The predicted octanol–water partition coefficient (Wildman–Crippen LogP) is 1.47. The number of aliphatic hydroxyl groups excluding tert-OH is 1. The molecule has 6 heteroatoms. The summed E-state index contributed by atoms with van der Waals surface area (Å²) in [6, 6.07) is 0. The summed E-state index contributed by atoms with van der Waals surface area (Å²) < 4.78 is 6.07. The maximum absolute atomic E-state index is 10.4. The predicted molar refractivity (Wildman–Crippen MR) is 90.9 cm³/mol. The van der Waals surface area contributed by atoms with Gasteiger partial charge >= 0.3 is 0 Å². The summed E-state index contributed by atoms with van der Waals surface area (Å²) in [4.78, 5) is 5.99. The van der Waals surface area contributed by atoms with Gasteiger partial charge in [-0.15, -0.1) is 13.2 Å². The molecule has 2 rings (SSSR count). The number of hydrogen-bond donors (Lipinski definition) is 2. The van der Waals surface area contributed by atoms with Crippen LogP contribution in [-0.2, 0) is 4.74 Å². The molecule has 0 radical (unpaired) electrons. The van der Waals surface area contributed by atoms with Gasteiger partial charge in [0.2, 0.25) is 0 Å². The summed E-state index contributed by atoms with van der Waals surface area (Å²) in [5.41, 5.74) is 5.65. The van der Waals surface area contributed by atoms with Crippen LogP contribution < -0.4 is 5.73 Å². The molecule has 0 saturated carbocycles. The second kappa shape index (κ2) is 5.99. The van der Waals surface area contributed by atoms with Crippen molar-refractivity contribution < 1.29 is 9.84 Å². The van der Waals surface area contributed by atoms with Gasteiger partial charge in [-0.2, -0.15) is 0 Å². The summed E-state index contributed by atoms with van der Waals surface area (Å²) in [6.07, 6.45) is 8.70. The standard InChI is InChI=1S/C15H26N3O2P/c1-10-14(19)12(7-9-21(3,4)5)20-15(10)18-8-6-13(16)17-11(18)2/h6,8,10,12,14-15,19H,2-3,7,9H2,1,4-5H3,(H2,16,17)/t10-,12?,14+,15-/m1/s1. The first kappa shape index (κ1) is 16.3. The van der Waals surface area contributed by atoms with Crippen LogP contribution in [0.5, 0.6) is 0 Å². The minimum atomic E-state index is -1.11. The van der Waals surface area contributed by atoms with Gasteiger partial charge in [-0.3, -0.25) is 0 Å². The highest BCUT2D eigenvalue weighted by molar-refractivity contribution is 7.72. The summed E-state index contributed by atoms with van der Waals surface area (Å²) in [6.45, 7) is 9.17. The first-order valence-electron chi connectivity index (χ1n) is 7.19. The van der Waals surface area contributed by atoms with Crippen LogP contribution in [0, 0.1) is 5.92 Å². The molecule has 0 aromatic carbocycles. The van der Waals surface area contributed by atoms with Crippen molar-refractivity contribution >= 4 is 19.0 Å². The third-order valence-corrected chi connectivity index (χ3v) is 5.41. The van der Waals surface area contributed by atoms with Gasteiger partial charge in [-0.25, -0.2) is 4.99 Å². The molecule has 2 aliphatic heterocycles. The Morgan fingerprint density at radius 1 is 1.52 bits per heavy atom. The fraction of sp³-hybridized carbons (Fsp3) is 0.600. The van der Waals surface area contributed by atoms with E-state index in [1.54, 1.807) is 6.08 Å². The molecule has 4 atom stereocenters. The lowest BCUT2D eigenvalue weighted by Gasteiger charge is -2.31. The smallest absolute Gasteiger partial charge is 0.140 e. The van der Waals surface area contributed by atoms with Gasteiger partial charge in [0.15, 0.2) is 0 Å². The molecule has 3 N–H and O–H groups in total. The normalized spacial score (nSPS) is 33.4. The fourth-order valence-corrected chi connectivity index (χ4v) is 3.60. The number of nitrogens with two attached hydrogens (primary N) is 1. The second-order valence-electron chi connectivity index (χ2n) is 6.54. The van der Waals surface area contributed by atoms with Gasteiger partial charge in [0.05, 0.1) is 12.2 Å². The van der Waals surface area contributed by atoms with Crippen molar-refractivity contribution in [2.45, 2.75) is 31.8 Å². The van der Waals surface area contributed by atoms with Crippen LogP contribution in [0.4, 0.5) is 0 Å². The molecule has 1 saturated heterocycles. The molecular formula is C15H26N3O2P. The van der Waals surface area contributed by atoms with E-state index in [1.165, 1.54) is 0 Å². The second-order valence-corrected chi connectivity index (χ2v) is 10.9. The van der Waals surface area contributed by atoms with E-state index >= 15 is 0 Å². The number of aliphatic hydroxyl groups is 1. The van der Waals surface area contributed by atoms with E-state index in [0.717, 1.165) is 12.6 Å². The SMILES string of the molecule is C=C1N=C(N)C=CN1[C@@H]1OC(CCP(=C)(C)C)[C@@H](O)[C@H]1C. The van der Waals surface area contributed by atoms with Gasteiger partial charge in [0.1, 0.15) is 17.9 Å². The van der Waals surface area contributed by atoms with E-state index < -0.39 is 13.0 Å². The molecule has 0 aromatic rings. The Balaban J connectivity index is 2.05. The lowest BCUT2D eigenvalue weighted by molar-refractivity contribution is -0.0401. The van der Waals surface area contributed by atoms with Crippen molar-refractivity contribution in [3.63, 3.8) is 0 Å². The molecule has 5 nitrogen and oxygen atoms in total. The van der Waals surface area contributed by atoms with E-state index in [9.17, 15) is 5.11 Å². The van der Waals surface area contributed by atoms with Gasteiger partial charge in [-0.1, -0.05) is 13.5 Å². The van der Waals surface area contributed by atoms with Crippen molar-refractivity contribution in [1.29, 1.82) is 0 Å². The van der Waals surface area contributed by atoms with Crippen LogP contribution in [0.15, 0.2) is 29.7 Å². The van der Waals surface area contributed by atoms with Crippen molar-refractivity contribution in [3.05, 3.63) is 24.7 Å². The summed E-state index contributed by atoms with van der Waals surface area (Å²) in [7, 11) is 0. The van der Waals surface area contributed by atoms with Gasteiger partial charge in [0, 0.05) is 12.1 Å². The number of hydrogen-bond acceptors (Lipinski definition) is 5. The zero-order chi connectivity index (χ0) is 15.8. The van der Waals surface area contributed by atoms with E-state index in [2.05, 4.69) is 31.2 Å². The third kappa shape index (κ3) is 3.79. The number of aliphatic imine (C=N–C) groups is 1. The van der Waals surface area contributed by atoms with Crippen LogP contribution >= 0.6 is 6.89 Å². The lowest BCUT2D eigenvalue weighted by atomic mass is 10.00. The molecule has 2 heterocycles. The monoisotopic (exact) mass is 311 g/mol. The molecule has 0 bridgehead atoms. The highest BCUT2D eigenvalue weighted by Crippen LogP contribution is 2.40. The average Bonchev–Trinajstić information content (AvgIpc) is 2.64. The molecule has 0 spiro atoms. The number of nitrogens with zero attached hydrogens (tertiary/aromatic N) is 2. The van der Waals surface area contributed by atoms with Crippen LogP contribution in [0.3, 0.4) is 0 Å². The molecule has 1 fully saturated rings. The Labute approximate surface area is 127 Å². The van der Waals surface area contributed by atoms with Gasteiger partial charge in [-0.05, 0) is 32.0 Å². The Kier molecular flexibility index (Phi) is 4.66. The highest BCUT2D eigenvalue weighted by atomic mass is 31.2. The van der Waals surface area contributed by atoms with Crippen LogP contribution in [0.2, 0.25) is 0 Å². The average molecular weight is 311 g/mol. The minimum absolute atomic E-state index is 0.0165. The highest BCUT2D eigenvalue weighted by Gasteiger charge is 2.43. The van der Waals surface area contributed by atoms with E-state index in [-0.39, 0.29) is 18.2 Å². The topological polar surface area (TPSA) is 71.1 Å². The summed E-state index contributed by atoms with van der Waals surface area (Å²) in [5, 5.41) is 10.4. The van der Waals surface area contributed by atoms with Crippen molar-refractivity contribution in [1.82, 2.24) is 4.90 Å². The molecular weight excluding hydrogens is 285 g/mol. The fourth-order valence-electron chi connectivity index (χ4n) is 2.64. The Morgan fingerprint density at radius 2 is 2.19 bits per heavy atom. The quantitative estimate of drug-likeness (QED) is 0.771. The van der Waals surface area contributed by atoms with Crippen molar-refractivity contribution in [3.8, 4) is 0 Å². The maximum Gasteiger partial charge on any atom is 0.140 e. The first-order chi connectivity index (χ1) is 9.69. The number of amidine groups is 1. The number of rotatable bonds is 4. The summed E-state index contributed by atoms with van der Waals surface area (Å²) >= 11 is 0. The lowest BCUT2D eigenvalue weighted by Crippen LogP contribution is -2.37. The van der Waals surface area contributed by atoms with Crippen molar-refractivity contribution in [2.24, 2.45) is 16.6 Å². The van der Waals surface area contributed by atoms with Crippen LogP contribution in [-0.4, -0.2) is 60.1 Å². The minimum Gasteiger partial charge on any atom is -0.390 e. The zero-order valence-electron chi connectivity index (χ0n) is 13.1. The van der Waals surface area contributed by atoms with Crippen LogP contribution in [0.25, 0.3) is 0 Å². The molecule has 21 heavy (non-hydrogen) atoms. The molecule has 0 aliphatic carbocycles. The van der Waals surface area contributed by atoms with E-state index in [1.807, 2.05) is 18.0 Å². The first-order valence-corrected chi connectivity index (χ1v) is 10.2. The zero-order valence-corrected chi connectivity index (χ0v) is 14.0. The third-order valence-electron chi connectivity index (χ3n) is 3.94. The molecule has 118 valence electrons. The maximum atomic E-state index is 10.4. The molecule has 0 aromatic heterocycles. The molecule has 2 aliphatic rings. The summed E-state index contributed by atoms with van der Waals surface area (Å²) in [5.74, 6) is 0.962. The van der Waals surface area contributed by atoms with Crippen molar-refractivity contribution in [2.75, 3.05) is 19.5 Å². The largest absolute Gasteiger partial charge is 0.390 e. The molecule has 0 amide bonds.